The maximum absolute atomic E-state index is 11.3. The smallest absolute Gasteiger partial charge is 0.0362 e. The van der Waals surface area contributed by atoms with Crippen molar-refractivity contribution in [1.29, 1.82) is 0 Å². The summed E-state index contributed by atoms with van der Waals surface area (Å²) in [6, 6.07) is 0.696. The van der Waals surface area contributed by atoms with Crippen molar-refractivity contribution in [3.63, 3.8) is 0 Å². The molecule has 82 valence electrons. The predicted octanol–water partition coefficient (Wildman–Crippen LogP) is 0.193. The number of rotatable bonds is 2. The van der Waals surface area contributed by atoms with E-state index in [-0.39, 0.29) is 0 Å². The van der Waals surface area contributed by atoms with Gasteiger partial charge in [-0.15, -0.1) is 0 Å². The van der Waals surface area contributed by atoms with Crippen LogP contribution in [0.5, 0.6) is 0 Å². The van der Waals surface area contributed by atoms with Gasteiger partial charge in [0.25, 0.3) is 0 Å². The molecule has 0 aliphatic carbocycles. The van der Waals surface area contributed by atoms with Crippen LogP contribution in [0.1, 0.15) is 19.3 Å². The van der Waals surface area contributed by atoms with Gasteiger partial charge in [0, 0.05) is 41.4 Å². The van der Waals surface area contributed by atoms with Crippen molar-refractivity contribution in [3.8, 4) is 0 Å². The quantitative estimate of drug-likeness (QED) is 0.715. The van der Waals surface area contributed by atoms with Gasteiger partial charge in [0.2, 0.25) is 0 Å². The first kappa shape index (κ1) is 10.6. The Kier molecular flexibility index (Phi) is 3.96. The fourth-order valence-corrected chi connectivity index (χ4v) is 3.42. The van der Waals surface area contributed by atoms with Crippen molar-refractivity contribution in [2.24, 2.45) is 0 Å². The third kappa shape index (κ3) is 3.04. The molecule has 2 atom stereocenters. The molecule has 0 bridgehead atoms. The molecular formula is C10H20N2OS. The second kappa shape index (κ2) is 5.24. The van der Waals surface area contributed by atoms with Crippen molar-refractivity contribution >= 4 is 10.8 Å². The minimum Gasteiger partial charge on any atom is -0.313 e. The summed E-state index contributed by atoms with van der Waals surface area (Å²) in [6.07, 6.45) is 3.75. The van der Waals surface area contributed by atoms with Gasteiger partial charge in [-0.1, -0.05) is 0 Å². The molecule has 0 aromatic rings. The molecular weight excluding hydrogens is 196 g/mol. The third-order valence-corrected chi connectivity index (χ3v) is 4.50. The highest BCUT2D eigenvalue weighted by Gasteiger charge is 2.19. The van der Waals surface area contributed by atoms with Gasteiger partial charge in [-0.25, -0.2) is 0 Å². The van der Waals surface area contributed by atoms with Gasteiger partial charge in [-0.05, 0) is 32.4 Å². The molecule has 2 rings (SSSR count). The zero-order valence-electron chi connectivity index (χ0n) is 8.71. The highest BCUT2D eigenvalue weighted by atomic mass is 32.2. The van der Waals surface area contributed by atoms with Gasteiger partial charge >= 0.3 is 0 Å². The van der Waals surface area contributed by atoms with Crippen LogP contribution in [0, 0.1) is 0 Å². The van der Waals surface area contributed by atoms with E-state index >= 15 is 0 Å². The molecule has 0 radical (unpaired) electrons. The van der Waals surface area contributed by atoms with Crippen LogP contribution in [0.2, 0.25) is 0 Å². The molecule has 14 heavy (non-hydrogen) atoms. The third-order valence-electron chi connectivity index (χ3n) is 3.12. The van der Waals surface area contributed by atoms with E-state index in [2.05, 4.69) is 10.2 Å². The monoisotopic (exact) mass is 216 g/mol. The molecule has 0 spiro atoms. The van der Waals surface area contributed by atoms with Gasteiger partial charge in [-0.3, -0.25) is 4.21 Å². The van der Waals surface area contributed by atoms with Crippen molar-refractivity contribution in [2.75, 3.05) is 37.7 Å². The Labute approximate surface area is 88.7 Å². The Bertz CT molecular complexity index is 204. The molecule has 1 N–H and O–H groups in total. The molecule has 2 aliphatic heterocycles. The van der Waals surface area contributed by atoms with Gasteiger partial charge < -0.3 is 10.2 Å². The van der Waals surface area contributed by atoms with Crippen molar-refractivity contribution in [2.45, 2.75) is 25.3 Å². The predicted molar refractivity (Wildman–Crippen MR) is 60.0 cm³/mol. The second-order valence-corrected chi connectivity index (χ2v) is 5.99. The first-order valence-electron chi connectivity index (χ1n) is 5.65. The lowest BCUT2D eigenvalue weighted by Gasteiger charge is -2.23. The molecule has 0 amide bonds. The Hall–Kier alpha value is 0.0700. The molecule has 3 nitrogen and oxygen atoms in total. The first-order chi connectivity index (χ1) is 6.84. The van der Waals surface area contributed by atoms with Crippen molar-refractivity contribution in [3.05, 3.63) is 0 Å². The van der Waals surface area contributed by atoms with Gasteiger partial charge in [0.1, 0.15) is 0 Å². The fourth-order valence-electron chi connectivity index (χ4n) is 2.30. The first-order valence-corrected chi connectivity index (χ1v) is 7.14. The highest BCUT2D eigenvalue weighted by molar-refractivity contribution is 7.85. The lowest BCUT2D eigenvalue weighted by molar-refractivity contribution is 0.267. The van der Waals surface area contributed by atoms with E-state index < -0.39 is 10.8 Å². The van der Waals surface area contributed by atoms with Gasteiger partial charge in [0.05, 0.1) is 0 Å². The Morgan fingerprint density at radius 1 is 1.29 bits per heavy atom. The molecule has 2 fully saturated rings. The van der Waals surface area contributed by atoms with Crippen LogP contribution < -0.4 is 5.32 Å². The second-order valence-electron chi connectivity index (χ2n) is 4.30. The fraction of sp³-hybridized carbons (Fsp3) is 1.00. The van der Waals surface area contributed by atoms with Crippen LogP contribution in [-0.2, 0) is 10.8 Å². The summed E-state index contributed by atoms with van der Waals surface area (Å²) < 4.78 is 11.3. The lowest BCUT2D eigenvalue weighted by atomic mass is 10.2. The normalized spacial score (nSPS) is 35.7. The Balaban J connectivity index is 1.76. The topological polar surface area (TPSA) is 32.3 Å². The SMILES string of the molecule is O=S1CCCN(CC2CCCN2)CC1. The van der Waals surface area contributed by atoms with Crippen LogP contribution in [0.15, 0.2) is 0 Å². The summed E-state index contributed by atoms with van der Waals surface area (Å²) in [5, 5.41) is 3.52. The maximum Gasteiger partial charge on any atom is 0.0362 e. The Morgan fingerprint density at radius 2 is 2.21 bits per heavy atom. The number of nitrogens with zero attached hydrogens (tertiary/aromatic N) is 1. The molecule has 0 saturated carbocycles. The van der Waals surface area contributed by atoms with E-state index in [0.717, 1.165) is 37.6 Å². The van der Waals surface area contributed by atoms with E-state index in [9.17, 15) is 4.21 Å². The summed E-state index contributed by atoms with van der Waals surface area (Å²) in [4.78, 5) is 2.48. The molecule has 0 aromatic carbocycles. The van der Waals surface area contributed by atoms with Crippen molar-refractivity contribution in [1.82, 2.24) is 10.2 Å². The van der Waals surface area contributed by atoms with Gasteiger partial charge in [-0.2, -0.15) is 0 Å². The van der Waals surface area contributed by atoms with Crippen LogP contribution in [-0.4, -0.2) is 52.8 Å². The van der Waals surface area contributed by atoms with Crippen LogP contribution in [0.4, 0.5) is 0 Å². The van der Waals surface area contributed by atoms with E-state index in [1.54, 1.807) is 0 Å². The van der Waals surface area contributed by atoms with Crippen LogP contribution in [0.25, 0.3) is 0 Å². The summed E-state index contributed by atoms with van der Waals surface area (Å²) in [5.41, 5.74) is 0. The van der Waals surface area contributed by atoms with Crippen LogP contribution in [0.3, 0.4) is 0 Å². The molecule has 2 unspecified atom stereocenters. The summed E-state index contributed by atoms with van der Waals surface area (Å²) >= 11 is 0. The number of hydrogen-bond acceptors (Lipinski definition) is 3. The molecule has 2 heterocycles. The Morgan fingerprint density at radius 3 is 3.00 bits per heavy atom. The average Bonchev–Trinajstić information content (AvgIpc) is 2.58. The molecule has 4 heteroatoms. The zero-order chi connectivity index (χ0) is 9.80. The maximum atomic E-state index is 11.3. The van der Waals surface area contributed by atoms with E-state index in [1.807, 2.05) is 0 Å². The summed E-state index contributed by atoms with van der Waals surface area (Å²) in [6.45, 7) is 4.52. The molecule has 0 aromatic heterocycles. The standard InChI is InChI=1S/C10H20N2OS/c13-14-7-2-5-12(6-8-14)9-10-3-1-4-11-10/h10-11H,1-9H2. The van der Waals surface area contributed by atoms with Crippen LogP contribution >= 0.6 is 0 Å². The number of nitrogens with one attached hydrogen (secondary N) is 1. The highest BCUT2D eigenvalue weighted by Crippen LogP contribution is 2.09. The van der Waals surface area contributed by atoms with E-state index in [4.69, 9.17) is 0 Å². The molecule has 2 saturated heterocycles. The minimum atomic E-state index is -0.543. The van der Waals surface area contributed by atoms with E-state index in [1.165, 1.54) is 19.4 Å². The van der Waals surface area contributed by atoms with Crippen molar-refractivity contribution < 1.29 is 4.21 Å². The lowest BCUT2D eigenvalue weighted by Crippen LogP contribution is -2.38. The van der Waals surface area contributed by atoms with Gasteiger partial charge in [0.15, 0.2) is 0 Å². The minimum absolute atomic E-state index is 0.543. The summed E-state index contributed by atoms with van der Waals surface area (Å²) in [7, 11) is -0.543. The zero-order valence-corrected chi connectivity index (χ0v) is 9.52. The van der Waals surface area contributed by atoms with E-state index in [0.29, 0.717) is 6.04 Å². The molecule has 2 aliphatic rings. The number of hydrogen-bond donors (Lipinski definition) is 1. The largest absolute Gasteiger partial charge is 0.313 e. The summed E-state index contributed by atoms with van der Waals surface area (Å²) in [5.74, 6) is 1.79. The average molecular weight is 216 g/mol.